The molecule has 0 amide bonds. The third-order valence-electron chi connectivity index (χ3n) is 3.52. The molecule has 0 radical (unpaired) electrons. The summed E-state index contributed by atoms with van der Waals surface area (Å²) in [5.74, 6) is 5.58. The van der Waals surface area contributed by atoms with Crippen LogP contribution in [0.4, 0.5) is 5.82 Å². The first kappa shape index (κ1) is 15.2. The molecule has 7 nitrogen and oxygen atoms in total. The van der Waals surface area contributed by atoms with Crippen molar-refractivity contribution in [1.29, 1.82) is 0 Å². The van der Waals surface area contributed by atoms with Crippen molar-refractivity contribution in [1.82, 2.24) is 14.2 Å². The van der Waals surface area contributed by atoms with E-state index in [4.69, 9.17) is 5.84 Å². The molecule has 1 aliphatic rings. The zero-order valence-corrected chi connectivity index (χ0v) is 12.4. The maximum atomic E-state index is 12.4. The fraction of sp³-hybridized carbons (Fsp3) is 0.583. The molecule has 0 aromatic carbocycles. The monoisotopic (exact) mass is 299 g/mol. The molecule has 2 heterocycles. The number of likely N-dealkylation sites (N-methyl/N-ethyl adjacent to an activating group) is 1. The van der Waals surface area contributed by atoms with Gasteiger partial charge in [-0.05, 0) is 32.0 Å². The molecule has 20 heavy (non-hydrogen) atoms. The van der Waals surface area contributed by atoms with E-state index in [0.717, 1.165) is 19.6 Å². The molecule has 1 saturated heterocycles. The summed E-state index contributed by atoms with van der Waals surface area (Å²) in [7, 11) is -1.89. The van der Waals surface area contributed by atoms with Crippen molar-refractivity contribution < 1.29 is 8.42 Å². The van der Waals surface area contributed by atoms with Gasteiger partial charge in [0.1, 0.15) is 5.82 Å². The summed E-state index contributed by atoms with van der Waals surface area (Å²) in [5.41, 5.74) is 2.35. The number of nitrogens with one attached hydrogen (secondary N) is 1. The Kier molecular flexibility index (Phi) is 4.92. The largest absolute Gasteiger partial charge is 0.308 e. The second-order valence-corrected chi connectivity index (χ2v) is 6.94. The molecule has 8 heteroatoms. The Bertz CT molecular complexity index is 543. The number of sulfonamides is 1. The van der Waals surface area contributed by atoms with E-state index in [-0.39, 0.29) is 4.90 Å². The van der Waals surface area contributed by atoms with Crippen LogP contribution in [0, 0.1) is 0 Å². The van der Waals surface area contributed by atoms with Crippen LogP contribution in [-0.4, -0.2) is 55.8 Å². The maximum Gasteiger partial charge on any atom is 0.243 e. The fourth-order valence-electron chi connectivity index (χ4n) is 2.24. The molecule has 0 atom stereocenters. The molecule has 1 aromatic rings. The first-order chi connectivity index (χ1) is 9.54. The topological polar surface area (TPSA) is 91.6 Å². The molecule has 1 aromatic heterocycles. The number of likely N-dealkylation sites (tertiary alicyclic amines) is 1. The van der Waals surface area contributed by atoms with Crippen LogP contribution < -0.4 is 11.3 Å². The first-order valence-electron chi connectivity index (χ1n) is 6.65. The Balaban J connectivity index is 2.03. The lowest BCUT2D eigenvalue weighted by atomic mass is 10.4. The van der Waals surface area contributed by atoms with E-state index in [1.165, 1.54) is 35.5 Å². The number of hydrazine groups is 1. The lowest BCUT2D eigenvalue weighted by Gasteiger charge is -2.21. The molecule has 3 N–H and O–H groups in total. The number of hydrogen-bond acceptors (Lipinski definition) is 6. The van der Waals surface area contributed by atoms with Gasteiger partial charge >= 0.3 is 0 Å². The third-order valence-corrected chi connectivity index (χ3v) is 5.37. The van der Waals surface area contributed by atoms with Gasteiger partial charge in [-0.25, -0.2) is 19.2 Å². The van der Waals surface area contributed by atoms with Crippen molar-refractivity contribution >= 4 is 15.8 Å². The number of hydrogen-bond donors (Lipinski definition) is 2. The van der Waals surface area contributed by atoms with E-state index in [9.17, 15) is 8.42 Å². The molecular weight excluding hydrogens is 278 g/mol. The minimum atomic E-state index is -3.49. The van der Waals surface area contributed by atoms with Crippen molar-refractivity contribution in [3.63, 3.8) is 0 Å². The summed E-state index contributed by atoms with van der Waals surface area (Å²) < 4.78 is 26.2. The first-order valence-corrected chi connectivity index (χ1v) is 8.09. The Morgan fingerprint density at radius 3 is 2.80 bits per heavy atom. The van der Waals surface area contributed by atoms with Gasteiger partial charge in [0, 0.05) is 32.4 Å². The number of nitrogen functional groups attached to an aromatic ring is 1. The lowest BCUT2D eigenvalue weighted by Crippen LogP contribution is -2.35. The number of nitrogens with two attached hydrogens (primary N) is 1. The zero-order valence-electron chi connectivity index (χ0n) is 11.6. The van der Waals surface area contributed by atoms with Crippen molar-refractivity contribution in [2.24, 2.45) is 5.84 Å². The minimum Gasteiger partial charge on any atom is -0.308 e. The van der Waals surface area contributed by atoms with E-state index in [1.54, 1.807) is 7.05 Å². The van der Waals surface area contributed by atoms with Gasteiger partial charge in [-0.3, -0.25) is 0 Å². The Hall–Kier alpha value is -1.22. The van der Waals surface area contributed by atoms with Crippen LogP contribution in [0.5, 0.6) is 0 Å². The average molecular weight is 299 g/mol. The van der Waals surface area contributed by atoms with Crippen LogP contribution in [0.3, 0.4) is 0 Å². The molecule has 0 spiro atoms. The number of aromatic nitrogens is 1. The number of pyridine rings is 1. The summed E-state index contributed by atoms with van der Waals surface area (Å²) in [6, 6.07) is 2.91. The summed E-state index contributed by atoms with van der Waals surface area (Å²) in [6.07, 6.45) is 3.83. The molecule has 1 aliphatic heterocycles. The molecular formula is C12H21N5O2S. The number of nitrogens with zero attached hydrogens (tertiary/aromatic N) is 3. The Labute approximate surface area is 119 Å². The summed E-state index contributed by atoms with van der Waals surface area (Å²) in [4.78, 5) is 6.39. The van der Waals surface area contributed by atoms with Crippen LogP contribution in [0.25, 0.3) is 0 Å². The van der Waals surface area contributed by atoms with Crippen LogP contribution in [0.2, 0.25) is 0 Å². The van der Waals surface area contributed by atoms with Crippen LogP contribution in [0.15, 0.2) is 23.2 Å². The van der Waals surface area contributed by atoms with Crippen LogP contribution >= 0.6 is 0 Å². The Morgan fingerprint density at radius 2 is 2.15 bits per heavy atom. The van der Waals surface area contributed by atoms with Gasteiger partial charge in [-0.1, -0.05) is 0 Å². The van der Waals surface area contributed by atoms with Gasteiger partial charge in [-0.15, -0.1) is 0 Å². The number of anilines is 1. The standard InChI is InChI=1S/C12H21N5O2S/c1-16(8-9-17-6-2-3-7-17)20(18,19)11-4-5-14-12(10-11)15-13/h4-5,10H,2-3,6-9,13H2,1H3,(H,14,15). The highest BCUT2D eigenvalue weighted by atomic mass is 32.2. The van der Waals surface area contributed by atoms with E-state index >= 15 is 0 Å². The molecule has 0 saturated carbocycles. The van der Waals surface area contributed by atoms with Crippen molar-refractivity contribution in [3.8, 4) is 0 Å². The van der Waals surface area contributed by atoms with Crippen LogP contribution in [-0.2, 0) is 10.0 Å². The Morgan fingerprint density at radius 1 is 1.45 bits per heavy atom. The molecule has 1 fully saturated rings. The van der Waals surface area contributed by atoms with E-state index < -0.39 is 10.0 Å². The summed E-state index contributed by atoms with van der Waals surface area (Å²) in [5, 5.41) is 0. The summed E-state index contributed by atoms with van der Waals surface area (Å²) >= 11 is 0. The van der Waals surface area contributed by atoms with E-state index in [0.29, 0.717) is 12.4 Å². The zero-order chi connectivity index (χ0) is 14.6. The highest BCUT2D eigenvalue weighted by Gasteiger charge is 2.22. The highest BCUT2D eigenvalue weighted by Crippen LogP contribution is 2.16. The van der Waals surface area contributed by atoms with Gasteiger partial charge in [0.25, 0.3) is 0 Å². The SMILES string of the molecule is CN(CCN1CCCC1)S(=O)(=O)c1ccnc(NN)c1. The van der Waals surface area contributed by atoms with E-state index in [1.807, 2.05) is 0 Å². The molecule has 112 valence electrons. The third kappa shape index (κ3) is 3.45. The molecule has 0 unspecified atom stereocenters. The highest BCUT2D eigenvalue weighted by molar-refractivity contribution is 7.89. The van der Waals surface area contributed by atoms with Gasteiger partial charge in [-0.2, -0.15) is 4.31 Å². The van der Waals surface area contributed by atoms with Gasteiger partial charge < -0.3 is 10.3 Å². The maximum absolute atomic E-state index is 12.4. The van der Waals surface area contributed by atoms with Gasteiger partial charge in [0.05, 0.1) is 4.90 Å². The van der Waals surface area contributed by atoms with Crippen molar-refractivity contribution in [2.75, 3.05) is 38.7 Å². The van der Waals surface area contributed by atoms with E-state index in [2.05, 4.69) is 15.3 Å². The molecule has 0 aliphatic carbocycles. The summed E-state index contributed by atoms with van der Waals surface area (Å²) in [6.45, 7) is 3.37. The van der Waals surface area contributed by atoms with Gasteiger partial charge in [0.2, 0.25) is 10.0 Å². The second kappa shape index (κ2) is 6.49. The number of rotatable bonds is 6. The van der Waals surface area contributed by atoms with Crippen LogP contribution in [0.1, 0.15) is 12.8 Å². The molecule has 2 rings (SSSR count). The van der Waals surface area contributed by atoms with Gasteiger partial charge in [0.15, 0.2) is 0 Å². The fourth-order valence-corrected chi connectivity index (χ4v) is 3.41. The molecule has 0 bridgehead atoms. The second-order valence-electron chi connectivity index (χ2n) is 4.90. The predicted octanol–water partition coefficient (Wildman–Crippen LogP) is 0.0835. The van der Waals surface area contributed by atoms with Crippen molar-refractivity contribution in [3.05, 3.63) is 18.3 Å². The predicted molar refractivity (Wildman–Crippen MR) is 77.5 cm³/mol. The average Bonchev–Trinajstić information content (AvgIpc) is 2.98. The quantitative estimate of drug-likeness (QED) is 0.571. The minimum absolute atomic E-state index is 0.198. The normalized spacial score (nSPS) is 16.8. The lowest BCUT2D eigenvalue weighted by molar-refractivity contribution is 0.310. The van der Waals surface area contributed by atoms with Crippen molar-refractivity contribution in [2.45, 2.75) is 17.7 Å². The smallest absolute Gasteiger partial charge is 0.243 e.